The highest BCUT2D eigenvalue weighted by Crippen LogP contribution is 2.52. The van der Waals surface area contributed by atoms with Gasteiger partial charge in [0.1, 0.15) is 35.4 Å². The largest absolute Gasteiger partial charge is 0.497 e. The molecule has 8 aromatic rings. The van der Waals surface area contributed by atoms with Crippen molar-refractivity contribution in [2.45, 2.75) is 109 Å². The molecule has 1 saturated heterocycles. The summed E-state index contributed by atoms with van der Waals surface area (Å²) in [7, 11) is 1.20. The predicted molar refractivity (Wildman–Crippen MR) is 337 cm³/mol. The van der Waals surface area contributed by atoms with Crippen LogP contribution in [0.3, 0.4) is 0 Å². The molecule has 6 atom stereocenters. The van der Waals surface area contributed by atoms with Crippen LogP contribution in [0.1, 0.15) is 80.6 Å². The van der Waals surface area contributed by atoms with Gasteiger partial charge in [0.2, 0.25) is 11.8 Å². The van der Waals surface area contributed by atoms with Crippen LogP contribution in [0.4, 0.5) is 22.1 Å². The Kier molecular flexibility index (Phi) is 23.1. The first-order chi connectivity index (χ1) is 44.1. The molecule has 0 aliphatic carbocycles. The van der Waals surface area contributed by atoms with Gasteiger partial charge in [-0.3, -0.25) is 30.1 Å². The second kappa shape index (κ2) is 31.6. The SMILES string of the molecule is COc1ccc(C(OC[C@H]2O[C@@H](n3cnc4c(OCCc5ccc([N+](=O)[O-])cc5)nc(NC(=O)OCCc5ccc([N+](=O)[O-])cc5)nc43)[C@H](OC(C)OCc3ccccc3)[C@@H]2OP(OCCC#N)N(C(C)C)C(C)C)(c2ccccc2)c2ccc(OC)cc2)cc1. The number of fused-ring (bicyclic) bond motifs is 1. The summed E-state index contributed by atoms with van der Waals surface area (Å²) in [6.45, 7) is 9.89. The second-order valence-corrected chi connectivity index (χ2v) is 23.0. The molecule has 476 valence electrons. The molecule has 2 aromatic heterocycles. The third kappa shape index (κ3) is 16.7. The van der Waals surface area contributed by atoms with Crippen LogP contribution >= 0.6 is 8.53 Å². The minimum atomic E-state index is -2.01. The number of anilines is 1. The Morgan fingerprint density at radius 2 is 1.29 bits per heavy atom. The van der Waals surface area contributed by atoms with Crippen molar-refractivity contribution in [2.24, 2.45) is 0 Å². The number of carbonyl (C=O) groups is 1. The fourth-order valence-corrected chi connectivity index (χ4v) is 12.3. The van der Waals surface area contributed by atoms with Crippen LogP contribution in [0.2, 0.25) is 0 Å². The van der Waals surface area contributed by atoms with Crippen molar-refractivity contribution in [2.75, 3.05) is 46.0 Å². The van der Waals surface area contributed by atoms with E-state index in [9.17, 15) is 30.3 Å². The monoisotopic (exact) mass is 1260 g/mol. The highest BCUT2D eigenvalue weighted by molar-refractivity contribution is 7.44. The number of nitro groups is 2. The lowest BCUT2D eigenvalue weighted by molar-refractivity contribution is -0.385. The maximum Gasteiger partial charge on any atom is 0.414 e. The maximum atomic E-state index is 13.7. The molecule has 25 heteroatoms. The van der Waals surface area contributed by atoms with E-state index in [0.717, 1.165) is 27.8 Å². The zero-order chi connectivity index (χ0) is 64.4. The van der Waals surface area contributed by atoms with Crippen LogP contribution < -0.4 is 19.5 Å². The molecule has 24 nitrogen and oxygen atoms in total. The molecule has 1 aliphatic rings. The van der Waals surface area contributed by atoms with Gasteiger partial charge in [0, 0.05) is 49.2 Å². The molecule has 1 aliphatic heterocycles. The lowest BCUT2D eigenvalue weighted by Crippen LogP contribution is -2.44. The quantitative estimate of drug-likeness (QED) is 0.0102. The van der Waals surface area contributed by atoms with Gasteiger partial charge >= 0.3 is 6.09 Å². The molecule has 0 radical (unpaired) electrons. The first-order valence-corrected chi connectivity index (χ1v) is 30.7. The lowest BCUT2D eigenvalue weighted by atomic mass is 9.80. The van der Waals surface area contributed by atoms with E-state index in [1.807, 2.05) is 137 Å². The molecule has 2 unspecified atom stereocenters. The van der Waals surface area contributed by atoms with E-state index in [0.29, 0.717) is 23.5 Å². The summed E-state index contributed by atoms with van der Waals surface area (Å²) in [5.74, 6) is 0.982. The van der Waals surface area contributed by atoms with Gasteiger partial charge < -0.3 is 46.9 Å². The first-order valence-electron chi connectivity index (χ1n) is 29.6. The standard InChI is InChI=1S/C66H72N9O15P/c1-44(2)73(45(3)4)91(87-38-14-37-67)90-59-57(42-86-66(50-17-12-9-13-18-50,51-23-31-55(81-6)32-24-51)52-25-33-56(82-7)34-26-52)89-63(60(59)88-46(5)85-41-49-15-10-8-11-16-49)72-43-68-58-61(72)69-64(70-62(58)83-39-35-47-19-27-53(28-20-47)74(77)78)71-65(76)84-40-36-48-21-29-54(30-22-48)75(79)80/h8-13,15-34,43-46,57,59-60,63H,14,35-36,38-42H2,1-7H3,(H,69,70,71,76)/t46?,57-,59-,60-,63-,91?/m1/s1. The number of hydrogen-bond acceptors (Lipinski definition) is 20. The number of rotatable bonds is 32. The van der Waals surface area contributed by atoms with Gasteiger partial charge in [0.15, 0.2) is 23.7 Å². The normalized spacial score (nSPS) is 16.4. The van der Waals surface area contributed by atoms with Crippen molar-refractivity contribution in [1.82, 2.24) is 24.2 Å². The van der Waals surface area contributed by atoms with E-state index in [4.69, 9.17) is 56.9 Å². The van der Waals surface area contributed by atoms with Crippen molar-refractivity contribution in [3.63, 3.8) is 0 Å². The third-order valence-electron chi connectivity index (χ3n) is 14.9. The number of aromatic nitrogens is 4. The molecule has 3 heterocycles. The molecule has 1 fully saturated rings. The van der Waals surface area contributed by atoms with Gasteiger partial charge in [-0.25, -0.2) is 14.4 Å². The minimum absolute atomic E-state index is 0.0102. The number of carbonyl (C=O) groups excluding carboxylic acids is 1. The van der Waals surface area contributed by atoms with Crippen molar-refractivity contribution in [1.29, 1.82) is 5.26 Å². The highest BCUT2D eigenvalue weighted by atomic mass is 31.2. The van der Waals surface area contributed by atoms with Crippen LogP contribution in [0.25, 0.3) is 11.2 Å². The Labute approximate surface area is 528 Å². The predicted octanol–water partition coefficient (Wildman–Crippen LogP) is 12.6. The zero-order valence-electron chi connectivity index (χ0n) is 51.4. The number of imidazole rings is 1. The van der Waals surface area contributed by atoms with Crippen molar-refractivity contribution in [3.05, 3.63) is 218 Å². The minimum Gasteiger partial charge on any atom is -0.497 e. The summed E-state index contributed by atoms with van der Waals surface area (Å²) >= 11 is 0. The fourth-order valence-electron chi connectivity index (χ4n) is 10.5. The van der Waals surface area contributed by atoms with Gasteiger partial charge in [0.05, 0.1) is 75.9 Å². The molecule has 6 aromatic carbocycles. The average molecular weight is 1260 g/mol. The molecule has 0 bridgehead atoms. The van der Waals surface area contributed by atoms with E-state index in [2.05, 4.69) is 21.0 Å². The summed E-state index contributed by atoms with van der Waals surface area (Å²) in [6.07, 6.45) is -4.14. The van der Waals surface area contributed by atoms with Crippen molar-refractivity contribution in [3.8, 4) is 23.4 Å². The fraction of sp³-hybridized carbons (Fsp3) is 0.348. The smallest absolute Gasteiger partial charge is 0.414 e. The summed E-state index contributed by atoms with van der Waals surface area (Å²) in [5.41, 5.74) is 3.41. The third-order valence-corrected chi connectivity index (χ3v) is 17.0. The van der Waals surface area contributed by atoms with Gasteiger partial charge in [-0.1, -0.05) is 109 Å². The molecule has 1 amide bonds. The zero-order valence-corrected chi connectivity index (χ0v) is 52.3. The number of hydrogen-bond donors (Lipinski definition) is 1. The summed E-state index contributed by atoms with van der Waals surface area (Å²) in [6, 6.07) is 48.7. The van der Waals surface area contributed by atoms with Crippen LogP contribution in [0, 0.1) is 31.6 Å². The molecule has 1 N–H and O–H groups in total. The number of methoxy groups -OCH3 is 2. The highest BCUT2D eigenvalue weighted by Gasteiger charge is 2.52. The molecular weight excluding hydrogens is 1190 g/mol. The van der Waals surface area contributed by atoms with Crippen LogP contribution in [0.15, 0.2) is 164 Å². The average Bonchev–Trinajstić information content (AvgIpc) is 1.76. The van der Waals surface area contributed by atoms with Crippen molar-refractivity contribution < 1.29 is 61.6 Å². The Morgan fingerprint density at radius 3 is 1.84 bits per heavy atom. The molecular formula is C66H72N9O15P. The van der Waals surface area contributed by atoms with E-state index >= 15 is 0 Å². The number of benzene rings is 6. The Morgan fingerprint density at radius 1 is 0.725 bits per heavy atom. The summed E-state index contributed by atoms with van der Waals surface area (Å²) in [5, 5.41) is 35.2. The van der Waals surface area contributed by atoms with E-state index in [-0.39, 0.29) is 92.3 Å². The number of nitrogens with one attached hydrogen (secondary N) is 1. The number of nitro benzene ring substituents is 2. The molecule has 91 heavy (non-hydrogen) atoms. The topological polar surface area (TPSA) is 278 Å². The van der Waals surface area contributed by atoms with E-state index in [1.54, 1.807) is 50.0 Å². The first kappa shape index (κ1) is 66.4. The number of non-ortho nitro benzene ring substituents is 2. The summed E-state index contributed by atoms with van der Waals surface area (Å²) in [4.78, 5) is 49.8. The van der Waals surface area contributed by atoms with Crippen molar-refractivity contribution >= 4 is 43.1 Å². The molecule has 9 rings (SSSR count). The van der Waals surface area contributed by atoms with E-state index < -0.39 is 60.9 Å². The lowest BCUT2D eigenvalue weighted by Gasteiger charge is -2.39. The maximum absolute atomic E-state index is 13.7. The van der Waals surface area contributed by atoms with Gasteiger partial charge in [-0.2, -0.15) is 15.2 Å². The Balaban J connectivity index is 1.17. The number of nitrogens with zero attached hydrogens (tertiary/aromatic N) is 8. The number of ether oxygens (including phenoxy) is 8. The second-order valence-electron chi connectivity index (χ2n) is 21.6. The number of nitriles is 1. The molecule has 0 saturated carbocycles. The van der Waals surface area contributed by atoms with Gasteiger partial charge in [0.25, 0.3) is 19.9 Å². The number of amides is 1. The Hall–Kier alpha value is -9.02. The Bertz CT molecular complexity index is 3640. The van der Waals surface area contributed by atoms with Gasteiger partial charge in [-0.15, -0.1) is 0 Å². The van der Waals surface area contributed by atoms with Crippen LogP contribution in [-0.2, 0) is 57.8 Å². The van der Waals surface area contributed by atoms with E-state index in [1.165, 1.54) is 30.6 Å². The molecule has 0 spiro atoms. The van der Waals surface area contributed by atoms with Crippen LogP contribution in [-0.4, -0.2) is 117 Å². The van der Waals surface area contributed by atoms with Crippen LogP contribution in [0.5, 0.6) is 17.4 Å². The van der Waals surface area contributed by atoms with Gasteiger partial charge in [-0.05, 0) is 92.3 Å². The summed E-state index contributed by atoms with van der Waals surface area (Å²) < 4.78 is 69.6.